The first-order valence-electron chi connectivity index (χ1n) is 9.76. The van der Waals surface area contributed by atoms with E-state index in [1.165, 1.54) is 12.4 Å². The zero-order valence-electron chi connectivity index (χ0n) is 16.4. The number of piperidine rings is 1. The molecule has 3 heterocycles. The average molecular weight is 428 g/mol. The molecule has 31 heavy (non-hydrogen) atoms. The Bertz CT molecular complexity index is 1080. The highest BCUT2D eigenvalue weighted by atomic mass is 19.1. The molecule has 0 spiro atoms. The first-order chi connectivity index (χ1) is 15.0. The van der Waals surface area contributed by atoms with Crippen molar-refractivity contribution in [1.29, 1.82) is 0 Å². The van der Waals surface area contributed by atoms with Gasteiger partial charge in [-0.1, -0.05) is 6.07 Å². The second-order valence-electron chi connectivity index (χ2n) is 7.04. The van der Waals surface area contributed by atoms with Gasteiger partial charge in [0, 0.05) is 18.8 Å². The number of nitrogens with one attached hydrogen (secondary N) is 2. The highest BCUT2D eigenvalue weighted by molar-refractivity contribution is 6.03. The fraction of sp³-hybridized carbons (Fsp3) is 0.227. The fourth-order valence-corrected chi connectivity index (χ4v) is 3.33. The van der Waals surface area contributed by atoms with Crippen LogP contribution in [0.5, 0.6) is 5.75 Å². The van der Waals surface area contributed by atoms with Gasteiger partial charge >= 0.3 is 0 Å². The molecular formula is C22H19F3N4O2. The first-order valence-corrected chi connectivity index (χ1v) is 9.76. The second-order valence-corrected chi connectivity index (χ2v) is 7.04. The molecule has 1 aromatic carbocycles. The molecule has 1 amide bonds. The number of nitrogens with zero attached hydrogens (tertiary/aromatic N) is 2. The van der Waals surface area contributed by atoms with Crippen molar-refractivity contribution in [3.63, 3.8) is 0 Å². The summed E-state index contributed by atoms with van der Waals surface area (Å²) < 4.78 is 48.4. The van der Waals surface area contributed by atoms with Crippen LogP contribution in [0.1, 0.15) is 23.3 Å². The number of amides is 1. The number of hydrogen-bond acceptors (Lipinski definition) is 5. The monoisotopic (exact) mass is 428 g/mol. The largest absolute Gasteiger partial charge is 0.487 e. The molecule has 6 nitrogen and oxygen atoms in total. The van der Waals surface area contributed by atoms with Crippen LogP contribution in [-0.2, 0) is 0 Å². The van der Waals surface area contributed by atoms with Gasteiger partial charge in [-0.2, -0.15) is 0 Å². The van der Waals surface area contributed by atoms with Crippen LogP contribution >= 0.6 is 0 Å². The van der Waals surface area contributed by atoms with Crippen LogP contribution in [0.4, 0.5) is 18.9 Å². The molecule has 0 bridgehead atoms. The molecule has 1 saturated heterocycles. The van der Waals surface area contributed by atoms with E-state index >= 15 is 0 Å². The highest BCUT2D eigenvalue weighted by Crippen LogP contribution is 2.28. The average Bonchev–Trinajstić information content (AvgIpc) is 2.77. The zero-order valence-corrected chi connectivity index (χ0v) is 16.4. The Morgan fingerprint density at radius 3 is 2.65 bits per heavy atom. The summed E-state index contributed by atoms with van der Waals surface area (Å²) in [5, 5.41) is 5.87. The lowest BCUT2D eigenvalue weighted by Gasteiger charge is -2.25. The van der Waals surface area contributed by atoms with Crippen molar-refractivity contribution in [2.75, 3.05) is 18.4 Å². The number of hydrogen-bond donors (Lipinski definition) is 2. The van der Waals surface area contributed by atoms with E-state index in [-0.39, 0.29) is 11.8 Å². The van der Waals surface area contributed by atoms with Crippen molar-refractivity contribution in [3.05, 3.63) is 71.9 Å². The maximum atomic E-state index is 14.3. The Labute approximate surface area is 176 Å². The molecule has 1 fully saturated rings. The van der Waals surface area contributed by atoms with Crippen molar-refractivity contribution in [1.82, 2.24) is 15.3 Å². The van der Waals surface area contributed by atoms with Crippen LogP contribution in [0, 0.1) is 17.5 Å². The number of anilines is 1. The van der Waals surface area contributed by atoms with Gasteiger partial charge < -0.3 is 15.4 Å². The van der Waals surface area contributed by atoms with Crippen molar-refractivity contribution in [2.45, 2.75) is 18.9 Å². The number of carbonyl (C=O) groups excluding carboxylic acids is 1. The normalized spacial score (nSPS) is 16.0. The minimum absolute atomic E-state index is 0.0496. The molecule has 1 aliphatic rings. The van der Waals surface area contributed by atoms with Crippen molar-refractivity contribution in [3.8, 4) is 17.0 Å². The maximum Gasteiger partial charge on any atom is 0.274 e. The van der Waals surface area contributed by atoms with Crippen molar-refractivity contribution < 1.29 is 22.7 Å². The summed E-state index contributed by atoms with van der Waals surface area (Å²) in [6.45, 7) is 1.62. The van der Waals surface area contributed by atoms with Crippen molar-refractivity contribution in [2.24, 2.45) is 0 Å². The third kappa shape index (κ3) is 4.66. The van der Waals surface area contributed by atoms with E-state index in [1.54, 1.807) is 6.07 Å². The van der Waals surface area contributed by atoms with Gasteiger partial charge in [0.1, 0.15) is 46.4 Å². The summed E-state index contributed by atoms with van der Waals surface area (Å²) in [5.74, 6) is -3.17. The number of carbonyl (C=O) groups is 1. The quantitative estimate of drug-likeness (QED) is 0.644. The molecule has 1 aliphatic heterocycles. The summed E-state index contributed by atoms with van der Waals surface area (Å²) in [6.07, 6.45) is 4.76. The molecule has 1 atom stereocenters. The Morgan fingerprint density at radius 1 is 1.10 bits per heavy atom. The van der Waals surface area contributed by atoms with Crippen LogP contribution in [0.15, 0.2) is 48.8 Å². The molecular weight excluding hydrogens is 409 g/mol. The van der Waals surface area contributed by atoms with Gasteiger partial charge in [-0.05, 0) is 43.7 Å². The van der Waals surface area contributed by atoms with Gasteiger partial charge in [0.25, 0.3) is 5.91 Å². The Balaban J connectivity index is 1.59. The number of ether oxygens (including phenoxy) is 1. The van der Waals surface area contributed by atoms with Crippen LogP contribution in [0.25, 0.3) is 11.3 Å². The smallest absolute Gasteiger partial charge is 0.274 e. The van der Waals surface area contributed by atoms with Gasteiger partial charge in [-0.25, -0.2) is 18.2 Å². The second kappa shape index (κ2) is 9.13. The lowest BCUT2D eigenvalue weighted by Crippen LogP contribution is -2.37. The minimum Gasteiger partial charge on any atom is -0.487 e. The van der Waals surface area contributed by atoms with Crippen LogP contribution in [0.2, 0.25) is 0 Å². The van der Waals surface area contributed by atoms with Gasteiger partial charge in [0.2, 0.25) is 0 Å². The topological polar surface area (TPSA) is 76.1 Å². The molecule has 0 radical (unpaired) electrons. The lowest BCUT2D eigenvalue weighted by molar-refractivity contribution is 0.102. The SMILES string of the molecule is O=C(Nc1cnccc1OC1CCCNC1)c1ccc(F)c(-c2c(F)cccc2F)n1. The highest BCUT2D eigenvalue weighted by Gasteiger charge is 2.21. The van der Waals surface area contributed by atoms with E-state index in [2.05, 4.69) is 20.6 Å². The molecule has 3 aromatic rings. The number of benzene rings is 1. The number of aromatic nitrogens is 2. The summed E-state index contributed by atoms with van der Waals surface area (Å²) in [4.78, 5) is 20.6. The van der Waals surface area contributed by atoms with Gasteiger partial charge in [0.05, 0.1) is 11.8 Å². The van der Waals surface area contributed by atoms with Gasteiger partial charge in [0.15, 0.2) is 0 Å². The summed E-state index contributed by atoms with van der Waals surface area (Å²) >= 11 is 0. The lowest BCUT2D eigenvalue weighted by atomic mass is 10.1. The third-order valence-corrected chi connectivity index (χ3v) is 4.85. The Hall–Kier alpha value is -3.46. The molecule has 1 unspecified atom stereocenters. The Kier molecular flexibility index (Phi) is 6.13. The molecule has 2 aromatic heterocycles. The zero-order chi connectivity index (χ0) is 21.8. The molecule has 9 heteroatoms. The van der Waals surface area contributed by atoms with Crippen LogP contribution in [0.3, 0.4) is 0 Å². The summed E-state index contributed by atoms with van der Waals surface area (Å²) in [5.41, 5.74) is -1.12. The van der Waals surface area contributed by atoms with E-state index in [4.69, 9.17) is 4.74 Å². The van der Waals surface area contributed by atoms with Gasteiger partial charge in [-0.15, -0.1) is 0 Å². The Morgan fingerprint density at radius 2 is 1.90 bits per heavy atom. The number of pyridine rings is 2. The van der Waals surface area contributed by atoms with Gasteiger partial charge in [-0.3, -0.25) is 9.78 Å². The number of halogens is 3. The van der Waals surface area contributed by atoms with E-state index < -0.39 is 34.6 Å². The summed E-state index contributed by atoms with van der Waals surface area (Å²) in [7, 11) is 0. The summed E-state index contributed by atoms with van der Waals surface area (Å²) in [6, 6.07) is 6.85. The molecule has 160 valence electrons. The molecule has 0 saturated carbocycles. The first kappa shape index (κ1) is 20.8. The van der Waals surface area contributed by atoms with E-state index in [1.807, 2.05) is 0 Å². The van der Waals surface area contributed by atoms with Crippen LogP contribution in [-0.4, -0.2) is 35.1 Å². The molecule has 0 aliphatic carbocycles. The van der Waals surface area contributed by atoms with Crippen molar-refractivity contribution >= 4 is 11.6 Å². The molecule has 4 rings (SSSR count). The third-order valence-electron chi connectivity index (χ3n) is 4.85. The van der Waals surface area contributed by atoms with E-state index in [9.17, 15) is 18.0 Å². The van der Waals surface area contributed by atoms with E-state index in [0.29, 0.717) is 18.0 Å². The predicted molar refractivity (Wildman–Crippen MR) is 108 cm³/mol. The fourth-order valence-electron chi connectivity index (χ4n) is 3.33. The maximum absolute atomic E-state index is 14.3. The van der Waals surface area contributed by atoms with Crippen LogP contribution < -0.4 is 15.4 Å². The number of rotatable bonds is 5. The minimum atomic E-state index is -0.979. The standard InChI is InChI=1S/C22H19F3N4O2/c23-14-4-1-5-15(24)20(14)21-16(25)6-7-17(28-21)22(30)29-18-12-27-10-8-19(18)31-13-3-2-9-26-11-13/h1,4-8,10,12-13,26H,2-3,9,11H2,(H,29,30). The predicted octanol–water partition coefficient (Wildman–Crippen LogP) is 3.94. The van der Waals surface area contributed by atoms with E-state index in [0.717, 1.165) is 49.7 Å². The molecule has 2 N–H and O–H groups in total.